The minimum atomic E-state index is -0.824. The number of hydrogen-bond acceptors (Lipinski definition) is 6. The van der Waals surface area contributed by atoms with Gasteiger partial charge in [0.1, 0.15) is 0 Å². The Morgan fingerprint density at radius 3 is 2.93 bits per heavy atom. The number of aliphatic hydroxyl groups is 1. The second-order valence-corrected chi connectivity index (χ2v) is 7.36. The van der Waals surface area contributed by atoms with Gasteiger partial charge in [0.2, 0.25) is 0 Å². The molecule has 7 nitrogen and oxygen atoms in total. The lowest BCUT2D eigenvalue weighted by molar-refractivity contribution is -0.384. The van der Waals surface area contributed by atoms with Crippen molar-refractivity contribution in [2.45, 2.75) is 25.0 Å². The Balaban J connectivity index is 1.80. The molecule has 27 heavy (non-hydrogen) atoms. The van der Waals surface area contributed by atoms with Gasteiger partial charge in [-0.1, -0.05) is 6.08 Å². The highest BCUT2D eigenvalue weighted by Crippen LogP contribution is 2.44. The molecule has 3 aliphatic rings. The summed E-state index contributed by atoms with van der Waals surface area (Å²) in [6.07, 6.45) is 4.75. The lowest BCUT2D eigenvalue weighted by atomic mass is 9.73. The number of rotatable bonds is 5. The Labute approximate surface area is 157 Å². The van der Waals surface area contributed by atoms with Crippen LogP contribution < -0.4 is 4.74 Å². The van der Waals surface area contributed by atoms with Gasteiger partial charge in [0.05, 0.1) is 29.0 Å². The number of piperidine rings is 3. The molecule has 5 rings (SSSR count). The molecule has 1 aromatic heterocycles. The first-order chi connectivity index (χ1) is 13.0. The molecular weight excluding hydrogens is 346 g/mol. The summed E-state index contributed by atoms with van der Waals surface area (Å²) in [5, 5.41) is 23.3. The Morgan fingerprint density at radius 1 is 1.48 bits per heavy atom. The number of nitro groups is 1. The van der Waals surface area contributed by atoms with E-state index >= 15 is 0 Å². The highest BCUT2D eigenvalue weighted by molar-refractivity contribution is 5.94. The van der Waals surface area contributed by atoms with E-state index in [-0.39, 0.29) is 17.5 Å². The summed E-state index contributed by atoms with van der Waals surface area (Å²) in [6.45, 7) is 5.75. The number of methoxy groups -OCH3 is 1. The fourth-order valence-corrected chi connectivity index (χ4v) is 4.74. The predicted molar refractivity (Wildman–Crippen MR) is 102 cm³/mol. The topological polar surface area (TPSA) is 88.7 Å². The first kappa shape index (κ1) is 17.9. The molecule has 1 aromatic carbocycles. The van der Waals surface area contributed by atoms with Gasteiger partial charge in [-0.3, -0.25) is 20.0 Å². The predicted octanol–water partition coefficient (Wildman–Crippen LogP) is 3.08. The fraction of sp³-hybridized carbons (Fsp3) is 0.450. The van der Waals surface area contributed by atoms with Crippen molar-refractivity contribution in [3.63, 3.8) is 0 Å². The van der Waals surface area contributed by atoms with Crippen molar-refractivity contribution in [2.24, 2.45) is 11.8 Å². The SMILES string of the molecule is C=C[C@@H]1CN2CC[C@H]1C[C@H]2[C@H](O)c1ccnc2ccc(OC)c([N+](=O)[O-])c12. The lowest BCUT2D eigenvalue weighted by Gasteiger charge is -2.50. The number of fused-ring (bicyclic) bond motifs is 4. The van der Waals surface area contributed by atoms with Gasteiger partial charge in [-0.2, -0.15) is 0 Å². The maximum absolute atomic E-state index is 11.7. The van der Waals surface area contributed by atoms with Crippen LogP contribution in [-0.2, 0) is 0 Å². The molecule has 1 N–H and O–H groups in total. The van der Waals surface area contributed by atoms with E-state index in [0.717, 1.165) is 25.9 Å². The highest BCUT2D eigenvalue weighted by atomic mass is 16.6. The number of nitrogens with zero attached hydrogens (tertiary/aromatic N) is 3. The molecule has 3 aliphatic heterocycles. The van der Waals surface area contributed by atoms with Crippen molar-refractivity contribution in [3.8, 4) is 5.75 Å². The zero-order valence-electron chi connectivity index (χ0n) is 15.2. The number of hydrogen-bond donors (Lipinski definition) is 1. The average molecular weight is 369 g/mol. The van der Waals surface area contributed by atoms with Crippen molar-refractivity contribution in [2.75, 3.05) is 20.2 Å². The molecule has 0 aliphatic carbocycles. The zero-order chi connectivity index (χ0) is 19.1. The van der Waals surface area contributed by atoms with E-state index in [9.17, 15) is 15.2 Å². The van der Waals surface area contributed by atoms with Gasteiger partial charge in [-0.05, 0) is 49.4 Å². The minimum Gasteiger partial charge on any atom is -0.490 e. The third-order valence-corrected chi connectivity index (χ3v) is 6.11. The largest absolute Gasteiger partial charge is 0.490 e. The van der Waals surface area contributed by atoms with Crippen LogP contribution in [0, 0.1) is 22.0 Å². The van der Waals surface area contributed by atoms with Gasteiger partial charge in [0.25, 0.3) is 0 Å². The van der Waals surface area contributed by atoms with Gasteiger partial charge >= 0.3 is 5.69 Å². The standard InChI is InChI=1S/C20H23N3O4/c1-3-12-11-22-9-7-13(12)10-16(22)20(24)14-6-8-21-15-4-5-17(27-2)19(18(14)15)23(25)26/h3-6,8,12-13,16,20,24H,1,7,9-11H2,2H3/t12-,13+,16+,20-/m1/s1. The molecule has 1 unspecified atom stereocenters. The van der Waals surface area contributed by atoms with Crippen molar-refractivity contribution in [1.29, 1.82) is 0 Å². The van der Waals surface area contributed by atoms with E-state index in [1.165, 1.54) is 7.11 Å². The summed E-state index contributed by atoms with van der Waals surface area (Å²) in [5.41, 5.74) is 0.884. The lowest BCUT2D eigenvalue weighted by Crippen LogP contribution is -2.54. The average Bonchev–Trinajstić information content (AvgIpc) is 2.71. The Morgan fingerprint density at radius 2 is 2.30 bits per heavy atom. The normalized spacial score (nSPS) is 28.1. The van der Waals surface area contributed by atoms with Gasteiger partial charge in [-0.15, -0.1) is 6.58 Å². The van der Waals surface area contributed by atoms with Crippen molar-refractivity contribution >= 4 is 16.6 Å². The zero-order valence-corrected chi connectivity index (χ0v) is 15.2. The molecule has 0 radical (unpaired) electrons. The van der Waals surface area contributed by atoms with Crippen molar-refractivity contribution < 1.29 is 14.8 Å². The number of benzene rings is 1. The molecule has 0 saturated carbocycles. The van der Waals surface area contributed by atoms with Crippen LogP contribution in [0.1, 0.15) is 24.5 Å². The van der Waals surface area contributed by atoms with Gasteiger partial charge in [-0.25, -0.2) is 0 Å². The third-order valence-electron chi connectivity index (χ3n) is 6.11. The van der Waals surface area contributed by atoms with Crippen LogP contribution in [0.2, 0.25) is 0 Å². The Kier molecular flexibility index (Phi) is 4.57. The quantitative estimate of drug-likeness (QED) is 0.495. The molecule has 5 atom stereocenters. The van der Waals surface area contributed by atoms with Crippen molar-refractivity contribution in [1.82, 2.24) is 9.88 Å². The first-order valence-corrected chi connectivity index (χ1v) is 9.19. The molecule has 7 heteroatoms. The van der Waals surface area contributed by atoms with Crippen LogP contribution >= 0.6 is 0 Å². The second kappa shape index (κ2) is 6.90. The van der Waals surface area contributed by atoms with Crippen molar-refractivity contribution in [3.05, 3.63) is 52.7 Å². The maximum Gasteiger partial charge on any atom is 0.320 e. The van der Waals surface area contributed by atoms with Gasteiger partial charge in [0.15, 0.2) is 5.75 Å². The van der Waals surface area contributed by atoms with Gasteiger partial charge in [0, 0.05) is 24.3 Å². The van der Waals surface area contributed by atoms with Crippen LogP contribution in [0.4, 0.5) is 5.69 Å². The molecule has 2 bridgehead atoms. The third kappa shape index (κ3) is 2.87. The highest BCUT2D eigenvalue weighted by Gasteiger charge is 2.42. The van der Waals surface area contributed by atoms with E-state index in [2.05, 4.69) is 16.5 Å². The first-order valence-electron chi connectivity index (χ1n) is 9.19. The molecule has 0 amide bonds. The van der Waals surface area contributed by atoms with E-state index in [0.29, 0.717) is 28.3 Å². The Bertz CT molecular complexity index is 900. The molecule has 4 heterocycles. The molecule has 3 saturated heterocycles. The number of aliphatic hydroxyl groups excluding tert-OH is 1. The summed E-state index contributed by atoms with van der Waals surface area (Å²) in [6, 6.07) is 4.87. The maximum atomic E-state index is 11.7. The van der Waals surface area contributed by atoms with Crippen LogP contribution in [0.3, 0.4) is 0 Å². The second-order valence-electron chi connectivity index (χ2n) is 7.36. The van der Waals surface area contributed by atoms with E-state index in [1.807, 2.05) is 6.08 Å². The molecule has 2 aromatic rings. The molecule has 0 spiro atoms. The summed E-state index contributed by atoms with van der Waals surface area (Å²) in [5.74, 6) is 1.13. The van der Waals surface area contributed by atoms with Gasteiger partial charge < -0.3 is 9.84 Å². The molecule has 142 valence electrons. The Hall–Kier alpha value is -2.51. The summed E-state index contributed by atoms with van der Waals surface area (Å²) in [7, 11) is 1.40. The number of aromatic nitrogens is 1. The minimum absolute atomic E-state index is 0.0589. The number of nitro benzene ring substituents is 1. The van der Waals surface area contributed by atoms with Crippen LogP contribution in [-0.4, -0.2) is 46.2 Å². The van der Waals surface area contributed by atoms with E-state index in [4.69, 9.17) is 4.74 Å². The molecule has 3 fully saturated rings. The van der Waals surface area contributed by atoms with Crippen LogP contribution in [0.25, 0.3) is 10.9 Å². The number of ether oxygens (including phenoxy) is 1. The summed E-state index contributed by atoms with van der Waals surface area (Å²) in [4.78, 5) is 17.8. The smallest absolute Gasteiger partial charge is 0.320 e. The van der Waals surface area contributed by atoms with E-state index < -0.39 is 11.0 Å². The fourth-order valence-electron chi connectivity index (χ4n) is 4.74. The summed E-state index contributed by atoms with van der Waals surface area (Å²) >= 11 is 0. The summed E-state index contributed by atoms with van der Waals surface area (Å²) < 4.78 is 5.20. The monoisotopic (exact) mass is 369 g/mol. The molecular formula is C20H23N3O4. The number of pyridine rings is 1. The van der Waals surface area contributed by atoms with E-state index in [1.54, 1.807) is 24.4 Å². The van der Waals surface area contributed by atoms with Crippen LogP contribution in [0.15, 0.2) is 37.1 Å². The van der Waals surface area contributed by atoms with Crippen LogP contribution in [0.5, 0.6) is 5.75 Å².